The number of carbonyl (C=O) groups is 1. The monoisotopic (exact) mass is 284 g/mol. The Balaban J connectivity index is 2.08. The van der Waals surface area contributed by atoms with E-state index < -0.39 is 0 Å². The molecule has 5 heteroatoms. The van der Waals surface area contributed by atoms with Crippen LogP contribution in [0, 0.1) is 6.92 Å². The zero-order valence-corrected chi connectivity index (χ0v) is 12.6. The summed E-state index contributed by atoms with van der Waals surface area (Å²) in [6, 6.07) is 8.00. The first-order chi connectivity index (χ1) is 10.1. The summed E-state index contributed by atoms with van der Waals surface area (Å²) < 4.78 is 0. The van der Waals surface area contributed by atoms with E-state index in [1.807, 2.05) is 45.0 Å². The first-order valence-electron chi connectivity index (χ1n) is 7.09. The van der Waals surface area contributed by atoms with Gasteiger partial charge in [0.2, 0.25) is 0 Å². The first-order valence-corrected chi connectivity index (χ1v) is 7.09. The molecule has 0 saturated heterocycles. The molecule has 0 spiro atoms. The highest BCUT2D eigenvalue weighted by Crippen LogP contribution is 2.14. The van der Waals surface area contributed by atoms with Crippen LogP contribution in [-0.2, 0) is 0 Å². The summed E-state index contributed by atoms with van der Waals surface area (Å²) in [5, 5.41) is 3.16. The molecule has 0 bridgehead atoms. The van der Waals surface area contributed by atoms with Gasteiger partial charge in [-0.1, -0.05) is 17.7 Å². The zero-order valence-electron chi connectivity index (χ0n) is 12.6. The number of carbonyl (C=O) groups excluding carboxylic acids is 1. The number of anilines is 2. The highest BCUT2D eigenvalue weighted by molar-refractivity contribution is 5.92. The number of rotatable bonds is 5. The van der Waals surface area contributed by atoms with Crippen molar-refractivity contribution in [3.8, 4) is 0 Å². The summed E-state index contributed by atoms with van der Waals surface area (Å²) in [6.07, 6.45) is 3.09. The number of aryl methyl sites for hydroxylation is 1. The Kier molecular flexibility index (Phi) is 4.87. The molecule has 110 valence electrons. The van der Waals surface area contributed by atoms with Crippen LogP contribution in [0.4, 0.5) is 11.5 Å². The van der Waals surface area contributed by atoms with Crippen LogP contribution in [0.15, 0.2) is 36.7 Å². The third-order valence-corrected chi connectivity index (χ3v) is 3.25. The van der Waals surface area contributed by atoms with Gasteiger partial charge in [-0.15, -0.1) is 0 Å². The molecule has 21 heavy (non-hydrogen) atoms. The highest BCUT2D eigenvalue weighted by atomic mass is 16.2. The number of nitrogens with one attached hydrogen (secondary N) is 1. The predicted molar refractivity (Wildman–Crippen MR) is 83.7 cm³/mol. The summed E-state index contributed by atoms with van der Waals surface area (Å²) in [4.78, 5) is 22.3. The Bertz CT molecular complexity index is 589. The lowest BCUT2D eigenvalue weighted by Crippen LogP contribution is -2.31. The van der Waals surface area contributed by atoms with Crippen molar-refractivity contribution in [2.75, 3.05) is 18.4 Å². The fourth-order valence-electron chi connectivity index (χ4n) is 1.96. The molecule has 2 rings (SSSR count). The third kappa shape index (κ3) is 3.78. The maximum absolute atomic E-state index is 12.1. The fourth-order valence-corrected chi connectivity index (χ4v) is 1.96. The second-order valence-corrected chi connectivity index (χ2v) is 4.76. The van der Waals surface area contributed by atoms with Crippen molar-refractivity contribution in [3.05, 3.63) is 47.9 Å². The maximum atomic E-state index is 12.1. The number of benzene rings is 1. The fraction of sp³-hybridized carbons (Fsp3) is 0.312. The van der Waals surface area contributed by atoms with E-state index in [1.54, 1.807) is 11.1 Å². The smallest absolute Gasteiger partial charge is 0.274 e. The average molecular weight is 284 g/mol. The quantitative estimate of drug-likeness (QED) is 0.917. The average Bonchev–Trinajstić information content (AvgIpc) is 2.51. The molecule has 0 atom stereocenters. The third-order valence-electron chi connectivity index (χ3n) is 3.25. The van der Waals surface area contributed by atoms with Crippen LogP contribution in [-0.4, -0.2) is 33.9 Å². The molecule has 0 saturated carbocycles. The molecular formula is C16H20N4O. The molecule has 1 amide bonds. The van der Waals surface area contributed by atoms with Crippen LogP contribution in [0.25, 0.3) is 0 Å². The van der Waals surface area contributed by atoms with E-state index in [9.17, 15) is 4.79 Å². The minimum atomic E-state index is -0.0885. The zero-order chi connectivity index (χ0) is 15.2. The molecule has 2 aromatic rings. The second-order valence-electron chi connectivity index (χ2n) is 4.76. The summed E-state index contributed by atoms with van der Waals surface area (Å²) in [7, 11) is 0. The van der Waals surface area contributed by atoms with Crippen LogP contribution in [0.1, 0.15) is 29.9 Å². The van der Waals surface area contributed by atoms with Gasteiger partial charge in [-0.25, -0.2) is 9.97 Å². The van der Waals surface area contributed by atoms with Gasteiger partial charge in [-0.05, 0) is 32.9 Å². The largest absolute Gasteiger partial charge is 0.339 e. The molecule has 0 aliphatic heterocycles. The molecule has 0 fully saturated rings. The van der Waals surface area contributed by atoms with Crippen molar-refractivity contribution >= 4 is 17.4 Å². The van der Waals surface area contributed by atoms with E-state index in [0.29, 0.717) is 24.6 Å². The van der Waals surface area contributed by atoms with Crippen molar-refractivity contribution in [3.63, 3.8) is 0 Å². The van der Waals surface area contributed by atoms with E-state index in [4.69, 9.17) is 0 Å². The Hall–Kier alpha value is -2.43. The van der Waals surface area contributed by atoms with Crippen molar-refractivity contribution in [2.45, 2.75) is 20.8 Å². The van der Waals surface area contributed by atoms with E-state index in [0.717, 1.165) is 5.69 Å². The number of amides is 1. The Morgan fingerprint density at radius 2 is 1.76 bits per heavy atom. The standard InChI is InChI=1S/C16H20N4O/c1-4-20(5-2)16(21)14-10-18-15(11-17-14)19-13-8-6-12(3)7-9-13/h6-11H,4-5H2,1-3H3,(H,18,19). The number of nitrogens with zero attached hydrogens (tertiary/aromatic N) is 3. The molecule has 1 aromatic heterocycles. The van der Waals surface area contributed by atoms with Crippen molar-refractivity contribution in [1.82, 2.24) is 14.9 Å². The van der Waals surface area contributed by atoms with Crippen LogP contribution in [0.3, 0.4) is 0 Å². The number of hydrogen-bond donors (Lipinski definition) is 1. The van der Waals surface area contributed by atoms with E-state index in [2.05, 4.69) is 15.3 Å². The summed E-state index contributed by atoms with van der Waals surface area (Å²) in [5.74, 6) is 0.532. The molecule has 5 nitrogen and oxygen atoms in total. The van der Waals surface area contributed by atoms with Gasteiger partial charge < -0.3 is 10.2 Å². The van der Waals surface area contributed by atoms with Crippen molar-refractivity contribution < 1.29 is 4.79 Å². The van der Waals surface area contributed by atoms with Gasteiger partial charge in [-0.3, -0.25) is 4.79 Å². The molecular weight excluding hydrogens is 264 g/mol. The number of hydrogen-bond acceptors (Lipinski definition) is 4. The molecule has 1 heterocycles. The minimum Gasteiger partial charge on any atom is -0.339 e. The van der Waals surface area contributed by atoms with Crippen LogP contribution in [0.5, 0.6) is 0 Å². The first kappa shape index (κ1) is 15.0. The Morgan fingerprint density at radius 1 is 1.10 bits per heavy atom. The van der Waals surface area contributed by atoms with E-state index in [1.165, 1.54) is 11.8 Å². The molecule has 0 aliphatic rings. The molecule has 1 aromatic carbocycles. The summed E-state index contributed by atoms with van der Waals surface area (Å²) in [6.45, 7) is 7.27. The van der Waals surface area contributed by atoms with Crippen molar-refractivity contribution in [2.24, 2.45) is 0 Å². The lowest BCUT2D eigenvalue weighted by Gasteiger charge is -2.17. The van der Waals surface area contributed by atoms with Crippen molar-refractivity contribution in [1.29, 1.82) is 0 Å². The van der Waals surface area contributed by atoms with Gasteiger partial charge in [0.1, 0.15) is 11.5 Å². The maximum Gasteiger partial charge on any atom is 0.274 e. The minimum absolute atomic E-state index is 0.0885. The molecule has 0 unspecified atom stereocenters. The SMILES string of the molecule is CCN(CC)C(=O)c1cnc(Nc2ccc(C)cc2)cn1. The Labute approximate surface area is 125 Å². The van der Waals surface area contributed by atoms with Gasteiger partial charge in [0, 0.05) is 18.8 Å². The summed E-state index contributed by atoms with van der Waals surface area (Å²) >= 11 is 0. The van der Waals surface area contributed by atoms with Gasteiger partial charge in [0.25, 0.3) is 5.91 Å². The van der Waals surface area contributed by atoms with Gasteiger partial charge in [0.15, 0.2) is 0 Å². The van der Waals surface area contributed by atoms with Gasteiger partial charge >= 0.3 is 0 Å². The Morgan fingerprint density at radius 3 is 2.29 bits per heavy atom. The van der Waals surface area contributed by atoms with Gasteiger partial charge in [-0.2, -0.15) is 0 Å². The lowest BCUT2D eigenvalue weighted by atomic mass is 10.2. The molecule has 1 N–H and O–H groups in total. The topological polar surface area (TPSA) is 58.1 Å². The second kappa shape index (κ2) is 6.83. The molecule has 0 radical (unpaired) electrons. The predicted octanol–water partition coefficient (Wildman–Crippen LogP) is 3.01. The molecule has 0 aliphatic carbocycles. The van der Waals surface area contributed by atoms with Gasteiger partial charge in [0.05, 0.1) is 12.4 Å². The van der Waals surface area contributed by atoms with Crippen LogP contribution < -0.4 is 5.32 Å². The van der Waals surface area contributed by atoms with E-state index in [-0.39, 0.29) is 5.91 Å². The van der Waals surface area contributed by atoms with Crippen LogP contribution >= 0.6 is 0 Å². The lowest BCUT2D eigenvalue weighted by molar-refractivity contribution is 0.0766. The van der Waals surface area contributed by atoms with E-state index >= 15 is 0 Å². The highest BCUT2D eigenvalue weighted by Gasteiger charge is 2.14. The number of aromatic nitrogens is 2. The normalized spacial score (nSPS) is 10.2. The van der Waals surface area contributed by atoms with Crippen LogP contribution in [0.2, 0.25) is 0 Å². The summed E-state index contributed by atoms with van der Waals surface area (Å²) in [5.41, 5.74) is 2.51.